The van der Waals surface area contributed by atoms with Gasteiger partial charge in [0.05, 0.1) is 10.6 Å². The van der Waals surface area contributed by atoms with Crippen LogP contribution in [0.4, 0.5) is 5.69 Å². The Bertz CT molecular complexity index is 768. The first-order chi connectivity index (χ1) is 10.1. The number of hydrogen-bond donors (Lipinski definition) is 1. The smallest absolute Gasteiger partial charge is 0.261 e. The zero-order chi connectivity index (χ0) is 14.8. The maximum atomic E-state index is 6.14. The van der Waals surface area contributed by atoms with E-state index >= 15 is 0 Å². The molecule has 0 saturated heterocycles. The van der Waals surface area contributed by atoms with Crippen molar-refractivity contribution in [2.24, 2.45) is 0 Å². The van der Waals surface area contributed by atoms with Crippen LogP contribution in [0.15, 0.2) is 51.5 Å². The van der Waals surface area contributed by atoms with Gasteiger partial charge in [0.15, 0.2) is 5.82 Å². The fraction of sp³-hybridized carbons (Fsp3) is 0.0667. The highest BCUT2D eigenvalue weighted by Crippen LogP contribution is 2.32. The molecule has 2 N–H and O–H groups in total. The molecule has 0 unspecified atom stereocenters. The van der Waals surface area contributed by atoms with Gasteiger partial charge in [0.1, 0.15) is 0 Å². The molecule has 1 aromatic heterocycles. The van der Waals surface area contributed by atoms with E-state index in [9.17, 15) is 0 Å². The molecule has 0 bridgehead atoms. The van der Waals surface area contributed by atoms with E-state index in [1.54, 1.807) is 18.2 Å². The van der Waals surface area contributed by atoms with Gasteiger partial charge in [-0.3, -0.25) is 0 Å². The minimum atomic E-state index is 0.336. The van der Waals surface area contributed by atoms with E-state index in [0.29, 0.717) is 34.4 Å². The molecular weight excluding hydrogens is 354 g/mol. The Morgan fingerprint density at radius 2 is 2.00 bits per heavy atom. The third-order valence-electron chi connectivity index (χ3n) is 2.98. The summed E-state index contributed by atoms with van der Waals surface area (Å²) in [6, 6.07) is 13.2. The molecule has 3 rings (SSSR count). The summed E-state index contributed by atoms with van der Waals surface area (Å²) in [5.41, 5.74) is 8.09. The number of nitrogens with two attached hydrogens (primary N) is 1. The van der Waals surface area contributed by atoms with Crippen LogP contribution < -0.4 is 5.73 Å². The fourth-order valence-corrected chi connectivity index (χ4v) is 2.73. The van der Waals surface area contributed by atoms with E-state index in [0.717, 1.165) is 10.0 Å². The van der Waals surface area contributed by atoms with Crippen molar-refractivity contribution in [1.29, 1.82) is 0 Å². The van der Waals surface area contributed by atoms with Gasteiger partial charge in [0.2, 0.25) is 0 Å². The lowest BCUT2D eigenvalue weighted by atomic mass is 10.1. The zero-order valence-electron chi connectivity index (χ0n) is 10.9. The Morgan fingerprint density at radius 1 is 1.19 bits per heavy atom. The lowest BCUT2D eigenvalue weighted by molar-refractivity contribution is 0.424. The summed E-state index contributed by atoms with van der Waals surface area (Å²) in [5, 5.41) is 4.48. The molecule has 0 aliphatic heterocycles. The second kappa shape index (κ2) is 5.87. The van der Waals surface area contributed by atoms with Gasteiger partial charge in [-0.25, -0.2) is 0 Å². The van der Waals surface area contributed by atoms with Crippen molar-refractivity contribution in [1.82, 2.24) is 10.1 Å². The third kappa shape index (κ3) is 3.09. The highest BCUT2D eigenvalue weighted by Gasteiger charge is 2.15. The van der Waals surface area contributed by atoms with Crippen molar-refractivity contribution >= 4 is 33.2 Å². The van der Waals surface area contributed by atoms with Crippen LogP contribution in [-0.4, -0.2) is 10.1 Å². The molecular formula is C15H11BrClN3O. The lowest BCUT2D eigenvalue weighted by Gasteiger charge is -2.01. The van der Waals surface area contributed by atoms with E-state index in [1.807, 2.05) is 24.3 Å². The Labute approximate surface area is 135 Å². The van der Waals surface area contributed by atoms with Gasteiger partial charge in [0.25, 0.3) is 5.89 Å². The summed E-state index contributed by atoms with van der Waals surface area (Å²) in [6.45, 7) is 0. The summed E-state index contributed by atoms with van der Waals surface area (Å²) in [4.78, 5) is 4.37. The van der Waals surface area contributed by atoms with Crippen molar-refractivity contribution in [3.63, 3.8) is 0 Å². The first-order valence-corrected chi connectivity index (χ1v) is 7.42. The molecule has 0 aliphatic carbocycles. The molecule has 4 nitrogen and oxygen atoms in total. The van der Waals surface area contributed by atoms with Crippen LogP contribution >= 0.6 is 27.5 Å². The minimum absolute atomic E-state index is 0.336. The summed E-state index contributed by atoms with van der Waals surface area (Å²) >= 11 is 9.58. The molecule has 0 radical (unpaired) electrons. The molecule has 0 amide bonds. The quantitative estimate of drug-likeness (QED) is 0.703. The zero-order valence-corrected chi connectivity index (χ0v) is 13.2. The van der Waals surface area contributed by atoms with Gasteiger partial charge in [-0.1, -0.05) is 50.9 Å². The van der Waals surface area contributed by atoms with Gasteiger partial charge in [-0.05, 0) is 29.8 Å². The molecule has 6 heteroatoms. The van der Waals surface area contributed by atoms with Gasteiger partial charge in [0, 0.05) is 16.6 Å². The summed E-state index contributed by atoms with van der Waals surface area (Å²) in [6.07, 6.45) is 0.577. The maximum absolute atomic E-state index is 6.14. The largest absolute Gasteiger partial charge is 0.398 e. The van der Waals surface area contributed by atoms with E-state index in [1.165, 1.54) is 0 Å². The first kappa shape index (κ1) is 14.1. The Kier molecular flexibility index (Phi) is 3.94. The number of benzene rings is 2. The molecule has 0 atom stereocenters. The number of halogens is 2. The molecule has 3 aromatic rings. The predicted molar refractivity (Wildman–Crippen MR) is 86.1 cm³/mol. The van der Waals surface area contributed by atoms with Crippen molar-refractivity contribution < 1.29 is 4.52 Å². The van der Waals surface area contributed by atoms with Crippen LogP contribution in [0.5, 0.6) is 0 Å². The van der Waals surface area contributed by atoms with Crippen LogP contribution in [0.2, 0.25) is 5.02 Å². The highest BCUT2D eigenvalue weighted by molar-refractivity contribution is 9.10. The highest BCUT2D eigenvalue weighted by atomic mass is 79.9. The molecule has 2 aromatic carbocycles. The summed E-state index contributed by atoms with van der Waals surface area (Å²) in [5.74, 6) is 0.922. The van der Waals surface area contributed by atoms with Crippen molar-refractivity contribution in [3.05, 3.63) is 63.3 Å². The SMILES string of the molecule is Nc1cccc(Cl)c1-c1nc(Cc2cccc(Br)c2)no1. The standard InChI is InChI=1S/C15H11BrClN3O/c16-10-4-1-3-9(7-10)8-13-19-15(21-20-13)14-11(17)5-2-6-12(14)18/h1-7H,8,18H2. The van der Waals surface area contributed by atoms with E-state index < -0.39 is 0 Å². The summed E-state index contributed by atoms with van der Waals surface area (Å²) in [7, 11) is 0. The van der Waals surface area contributed by atoms with Crippen LogP contribution in [-0.2, 0) is 6.42 Å². The number of aromatic nitrogens is 2. The van der Waals surface area contributed by atoms with Crippen LogP contribution in [0, 0.1) is 0 Å². The van der Waals surface area contributed by atoms with E-state index in [4.69, 9.17) is 21.9 Å². The Morgan fingerprint density at radius 3 is 2.76 bits per heavy atom. The number of nitrogen functional groups attached to an aromatic ring is 1. The number of rotatable bonds is 3. The predicted octanol–water partition coefficient (Wildman–Crippen LogP) is 4.33. The van der Waals surface area contributed by atoms with Gasteiger partial charge in [-0.2, -0.15) is 4.98 Å². The Balaban J connectivity index is 1.90. The number of nitrogens with zero attached hydrogens (tertiary/aromatic N) is 2. The normalized spacial score (nSPS) is 10.8. The molecule has 0 aliphatic rings. The van der Waals surface area contributed by atoms with Crippen molar-refractivity contribution in [2.75, 3.05) is 5.73 Å². The molecule has 0 saturated carbocycles. The monoisotopic (exact) mass is 363 g/mol. The van der Waals surface area contributed by atoms with Crippen molar-refractivity contribution in [3.8, 4) is 11.5 Å². The average molecular weight is 365 g/mol. The van der Waals surface area contributed by atoms with Crippen LogP contribution in [0.1, 0.15) is 11.4 Å². The van der Waals surface area contributed by atoms with Crippen molar-refractivity contribution in [2.45, 2.75) is 6.42 Å². The number of anilines is 1. The average Bonchev–Trinajstić information content (AvgIpc) is 2.87. The van der Waals surface area contributed by atoms with E-state index in [2.05, 4.69) is 26.1 Å². The Hall–Kier alpha value is -1.85. The first-order valence-electron chi connectivity index (χ1n) is 6.25. The fourth-order valence-electron chi connectivity index (χ4n) is 2.02. The molecule has 0 fully saturated rings. The molecule has 21 heavy (non-hydrogen) atoms. The summed E-state index contributed by atoms with van der Waals surface area (Å²) < 4.78 is 6.29. The lowest BCUT2D eigenvalue weighted by Crippen LogP contribution is -1.93. The number of hydrogen-bond acceptors (Lipinski definition) is 4. The second-order valence-corrected chi connectivity index (χ2v) is 5.85. The molecule has 1 heterocycles. The van der Waals surface area contributed by atoms with Gasteiger partial charge in [-0.15, -0.1) is 0 Å². The molecule has 106 valence electrons. The molecule has 0 spiro atoms. The van der Waals surface area contributed by atoms with Crippen LogP contribution in [0.3, 0.4) is 0 Å². The second-order valence-electron chi connectivity index (χ2n) is 4.53. The minimum Gasteiger partial charge on any atom is -0.398 e. The maximum Gasteiger partial charge on any atom is 0.261 e. The van der Waals surface area contributed by atoms with Gasteiger partial charge < -0.3 is 10.3 Å². The van der Waals surface area contributed by atoms with Gasteiger partial charge >= 0.3 is 0 Å². The van der Waals surface area contributed by atoms with Crippen LogP contribution in [0.25, 0.3) is 11.5 Å². The third-order valence-corrected chi connectivity index (χ3v) is 3.79. The van der Waals surface area contributed by atoms with E-state index in [-0.39, 0.29) is 0 Å². The topological polar surface area (TPSA) is 64.9 Å².